The second kappa shape index (κ2) is 7.90. The summed E-state index contributed by atoms with van der Waals surface area (Å²) in [5, 5.41) is 0. The van der Waals surface area contributed by atoms with E-state index in [1.54, 1.807) is 6.08 Å². The second-order valence-corrected chi connectivity index (χ2v) is 3.77. The first-order valence-electron chi connectivity index (χ1n) is 5.45. The standard InChI is InChI=1S/C10H15N2.C2H6.Al/c1-3-5-9-8(4-2)6-7-12-10(9)11;1-2;/h3-5,10H,1,6-7,11H2,2H3;1-2H3;/q-1;;+1/b8-4-,9-5+;;. The Morgan fingerprint density at radius 3 is 2.60 bits per heavy atom. The summed E-state index contributed by atoms with van der Waals surface area (Å²) >= 11 is 2.66. The molecule has 2 nitrogen and oxygen atoms in total. The number of allylic oxidation sites excluding steroid dienone is 3. The van der Waals surface area contributed by atoms with Gasteiger partial charge in [-0.15, -0.1) is 0 Å². The molecule has 15 heavy (non-hydrogen) atoms. The van der Waals surface area contributed by atoms with Gasteiger partial charge in [0.1, 0.15) is 0 Å². The van der Waals surface area contributed by atoms with Crippen molar-refractivity contribution in [2.75, 3.05) is 6.54 Å². The van der Waals surface area contributed by atoms with Crippen LogP contribution in [0.15, 0.2) is 36.0 Å². The molecule has 0 aromatic carbocycles. The van der Waals surface area contributed by atoms with Crippen LogP contribution < -0.4 is 5.73 Å². The molecular weight excluding hydrogens is 199 g/mol. The average Bonchev–Trinajstić information content (AvgIpc) is 2.28. The molecule has 82 valence electrons. The molecule has 1 atom stereocenters. The van der Waals surface area contributed by atoms with Crippen molar-refractivity contribution >= 4 is 16.5 Å². The first-order chi connectivity index (χ1) is 7.20. The minimum absolute atomic E-state index is 0.0112. The van der Waals surface area contributed by atoms with Gasteiger partial charge in [0.15, 0.2) is 0 Å². The molecular formula is C12H21AlN2. The van der Waals surface area contributed by atoms with E-state index in [1.807, 2.05) is 19.9 Å². The fraction of sp³-hybridized carbons (Fsp3) is 0.500. The second-order valence-electron chi connectivity index (χ2n) is 3.10. The van der Waals surface area contributed by atoms with Gasteiger partial charge in [-0.1, -0.05) is 38.7 Å². The van der Waals surface area contributed by atoms with Gasteiger partial charge in [-0.2, -0.15) is 0 Å². The molecule has 0 saturated carbocycles. The Kier molecular flexibility index (Phi) is 7.73. The highest BCUT2D eigenvalue weighted by molar-refractivity contribution is 6.05. The van der Waals surface area contributed by atoms with Gasteiger partial charge in [-0.25, -0.2) is 0 Å². The van der Waals surface area contributed by atoms with E-state index in [4.69, 9.17) is 5.73 Å². The molecule has 1 saturated heterocycles. The summed E-state index contributed by atoms with van der Waals surface area (Å²) in [6.45, 7) is 10.8. The Labute approximate surface area is 102 Å². The van der Waals surface area contributed by atoms with Crippen molar-refractivity contribution in [1.82, 2.24) is 3.88 Å². The molecule has 0 aromatic rings. The summed E-state index contributed by atoms with van der Waals surface area (Å²) in [7, 11) is 0. The smallest absolute Gasteiger partial charge is 0.259 e. The lowest BCUT2D eigenvalue weighted by Gasteiger charge is -2.35. The molecule has 0 amide bonds. The van der Waals surface area contributed by atoms with Gasteiger partial charge in [-0.3, -0.25) is 0 Å². The monoisotopic (exact) mass is 220 g/mol. The maximum absolute atomic E-state index is 6.02. The Balaban J connectivity index is 0.000000921. The molecule has 0 aromatic heterocycles. The van der Waals surface area contributed by atoms with Crippen LogP contribution in [0.25, 0.3) is 0 Å². The van der Waals surface area contributed by atoms with Crippen LogP contribution in [0.3, 0.4) is 0 Å². The third kappa shape index (κ3) is 3.97. The van der Waals surface area contributed by atoms with Gasteiger partial charge in [-0.05, 0) is 31.0 Å². The van der Waals surface area contributed by atoms with E-state index in [0.717, 1.165) is 13.0 Å². The Hall–Kier alpha value is -0.328. The zero-order valence-electron chi connectivity index (χ0n) is 10.0. The SMILES string of the molecule is C=C/C=C1\C(=C/C)CC[N]([Al])C1N.CC. The van der Waals surface area contributed by atoms with Crippen molar-refractivity contribution in [3.63, 3.8) is 0 Å². The highest BCUT2D eigenvalue weighted by atomic mass is 27.1. The van der Waals surface area contributed by atoms with Crippen molar-refractivity contribution in [2.24, 2.45) is 5.73 Å². The van der Waals surface area contributed by atoms with Gasteiger partial charge in [0, 0.05) is 0 Å². The molecule has 1 unspecified atom stereocenters. The summed E-state index contributed by atoms with van der Waals surface area (Å²) < 4.78 is 2.07. The average molecular weight is 220 g/mol. The zero-order chi connectivity index (χ0) is 11.8. The van der Waals surface area contributed by atoms with Crippen molar-refractivity contribution in [3.05, 3.63) is 36.0 Å². The van der Waals surface area contributed by atoms with Crippen molar-refractivity contribution in [3.8, 4) is 0 Å². The fourth-order valence-electron chi connectivity index (χ4n) is 1.55. The predicted molar refractivity (Wildman–Crippen MR) is 68.4 cm³/mol. The number of hydrogen-bond acceptors (Lipinski definition) is 2. The van der Waals surface area contributed by atoms with Gasteiger partial charge < -0.3 is 9.62 Å². The minimum Gasteiger partial charge on any atom is -0.385 e. The van der Waals surface area contributed by atoms with Crippen LogP contribution >= 0.6 is 0 Å². The van der Waals surface area contributed by atoms with Gasteiger partial charge in [0.25, 0.3) is 16.5 Å². The number of nitrogens with two attached hydrogens (primary N) is 1. The Morgan fingerprint density at radius 2 is 2.13 bits per heavy atom. The first-order valence-corrected chi connectivity index (χ1v) is 5.97. The van der Waals surface area contributed by atoms with E-state index in [1.165, 1.54) is 11.1 Å². The van der Waals surface area contributed by atoms with Crippen LogP contribution in [0.5, 0.6) is 0 Å². The summed E-state index contributed by atoms with van der Waals surface area (Å²) in [5.41, 5.74) is 8.54. The summed E-state index contributed by atoms with van der Waals surface area (Å²) in [6.07, 6.45) is 6.97. The molecule has 2 radical (unpaired) electrons. The molecule has 1 fully saturated rings. The van der Waals surface area contributed by atoms with E-state index in [0.29, 0.717) is 0 Å². The minimum atomic E-state index is -0.0112. The number of hydrogen-bond donors (Lipinski definition) is 1. The maximum atomic E-state index is 6.02. The molecule has 1 aliphatic rings. The lowest BCUT2D eigenvalue weighted by Crippen LogP contribution is -2.46. The summed E-state index contributed by atoms with van der Waals surface area (Å²) in [5.74, 6) is 0. The topological polar surface area (TPSA) is 29.3 Å². The quantitative estimate of drug-likeness (QED) is 0.686. The van der Waals surface area contributed by atoms with Crippen LogP contribution in [-0.4, -0.2) is 33.1 Å². The number of piperidine rings is 1. The predicted octanol–water partition coefficient (Wildman–Crippen LogP) is 2.15. The van der Waals surface area contributed by atoms with Crippen LogP contribution in [-0.2, 0) is 0 Å². The fourth-order valence-corrected chi connectivity index (χ4v) is 1.83. The Bertz CT molecular complexity index is 256. The van der Waals surface area contributed by atoms with E-state index in [2.05, 4.69) is 40.0 Å². The molecule has 1 heterocycles. The van der Waals surface area contributed by atoms with Crippen LogP contribution in [0.1, 0.15) is 27.2 Å². The van der Waals surface area contributed by atoms with Crippen molar-refractivity contribution in [2.45, 2.75) is 33.4 Å². The van der Waals surface area contributed by atoms with E-state index < -0.39 is 0 Å². The highest BCUT2D eigenvalue weighted by Gasteiger charge is 2.21. The highest BCUT2D eigenvalue weighted by Crippen LogP contribution is 2.23. The van der Waals surface area contributed by atoms with E-state index >= 15 is 0 Å². The molecule has 1 aliphatic heterocycles. The zero-order valence-corrected chi connectivity index (χ0v) is 11.2. The normalized spacial score (nSPS) is 27.3. The number of nitrogens with zero attached hydrogens (tertiary/aromatic N) is 1. The van der Waals surface area contributed by atoms with E-state index in [9.17, 15) is 0 Å². The molecule has 3 heteroatoms. The van der Waals surface area contributed by atoms with Crippen LogP contribution in [0, 0.1) is 0 Å². The Morgan fingerprint density at radius 1 is 1.53 bits per heavy atom. The van der Waals surface area contributed by atoms with E-state index in [-0.39, 0.29) is 6.17 Å². The molecule has 0 bridgehead atoms. The van der Waals surface area contributed by atoms with Gasteiger partial charge in [0.2, 0.25) is 0 Å². The van der Waals surface area contributed by atoms with Crippen molar-refractivity contribution in [1.29, 1.82) is 0 Å². The third-order valence-electron chi connectivity index (χ3n) is 2.33. The molecule has 1 rings (SSSR count). The van der Waals surface area contributed by atoms with Gasteiger partial charge in [0.05, 0.1) is 6.17 Å². The largest absolute Gasteiger partial charge is 0.385 e. The molecule has 2 N–H and O–H groups in total. The van der Waals surface area contributed by atoms with Crippen LogP contribution in [0.2, 0.25) is 0 Å². The van der Waals surface area contributed by atoms with Crippen molar-refractivity contribution < 1.29 is 0 Å². The lowest BCUT2D eigenvalue weighted by atomic mass is 9.96. The maximum Gasteiger partial charge on any atom is 0.259 e. The molecule has 0 spiro atoms. The number of rotatable bonds is 1. The van der Waals surface area contributed by atoms with Crippen LogP contribution in [0.4, 0.5) is 0 Å². The first kappa shape index (κ1) is 14.7. The van der Waals surface area contributed by atoms with Gasteiger partial charge >= 0.3 is 0 Å². The lowest BCUT2D eigenvalue weighted by molar-refractivity contribution is 0.362. The summed E-state index contributed by atoms with van der Waals surface area (Å²) in [6, 6.07) is 0. The summed E-state index contributed by atoms with van der Waals surface area (Å²) in [4.78, 5) is 0. The third-order valence-corrected chi connectivity index (χ3v) is 2.91. The molecule has 0 aliphatic carbocycles.